The van der Waals surface area contributed by atoms with Crippen LogP contribution in [0.25, 0.3) is 0 Å². The molecule has 2 amide bonds. The van der Waals surface area contributed by atoms with Crippen molar-refractivity contribution >= 4 is 25.2 Å². The summed E-state index contributed by atoms with van der Waals surface area (Å²) in [6, 6.07) is -0.788. The first kappa shape index (κ1) is 20.3. The van der Waals surface area contributed by atoms with Gasteiger partial charge in [0.15, 0.2) is 0 Å². The first-order chi connectivity index (χ1) is 9.86. The van der Waals surface area contributed by atoms with E-state index in [2.05, 4.69) is 10.6 Å². The second kappa shape index (κ2) is 10.1. The van der Waals surface area contributed by atoms with Crippen molar-refractivity contribution in [3.05, 3.63) is 4.91 Å². The van der Waals surface area contributed by atoms with Gasteiger partial charge >= 0.3 is 13.6 Å². The first-order valence-corrected chi connectivity index (χ1v) is 8.86. The molecule has 0 rings (SSSR count). The van der Waals surface area contributed by atoms with Crippen LogP contribution in [-0.2, 0) is 13.6 Å². The minimum absolute atomic E-state index is 0.0464. The standard InChI is InChI=1S/C11H23ClN3O5P/c1-5-19-21(18,20-6-2)10(9(3)4)13-11(16)15(14-17)8-7-12/h9-10H,5-8H2,1-4H3,(H,13,16). The van der Waals surface area contributed by atoms with Crippen LogP contribution >= 0.6 is 19.2 Å². The average molecular weight is 344 g/mol. The van der Waals surface area contributed by atoms with Gasteiger partial charge in [0.05, 0.1) is 25.0 Å². The number of halogens is 1. The summed E-state index contributed by atoms with van der Waals surface area (Å²) in [6.07, 6.45) is 0. The van der Waals surface area contributed by atoms with Crippen molar-refractivity contribution in [3.63, 3.8) is 0 Å². The fourth-order valence-electron chi connectivity index (χ4n) is 1.63. The maximum Gasteiger partial charge on any atom is 0.353 e. The summed E-state index contributed by atoms with van der Waals surface area (Å²) < 4.78 is 23.2. The highest BCUT2D eigenvalue weighted by Gasteiger charge is 2.39. The number of rotatable bonds is 10. The van der Waals surface area contributed by atoms with E-state index in [1.807, 2.05) is 0 Å². The third-order valence-corrected chi connectivity index (χ3v) is 5.30. The van der Waals surface area contributed by atoms with Crippen LogP contribution in [0.15, 0.2) is 5.29 Å². The van der Waals surface area contributed by atoms with Crippen LogP contribution in [0.3, 0.4) is 0 Å². The van der Waals surface area contributed by atoms with Gasteiger partial charge in [-0.3, -0.25) is 4.57 Å². The maximum atomic E-state index is 12.7. The molecule has 0 bridgehead atoms. The lowest BCUT2D eigenvalue weighted by molar-refractivity contribution is 0.181. The lowest BCUT2D eigenvalue weighted by Gasteiger charge is -2.30. The summed E-state index contributed by atoms with van der Waals surface area (Å²) in [7, 11) is -3.54. The Hall–Kier alpha value is -0.690. The van der Waals surface area contributed by atoms with Gasteiger partial charge in [-0.15, -0.1) is 16.5 Å². The Labute approximate surface area is 130 Å². The topological polar surface area (TPSA) is 97.3 Å². The zero-order valence-electron chi connectivity index (χ0n) is 12.7. The predicted molar refractivity (Wildman–Crippen MR) is 81.2 cm³/mol. The number of urea groups is 1. The van der Waals surface area contributed by atoms with Crippen molar-refractivity contribution in [2.24, 2.45) is 11.2 Å². The average Bonchev–Trinajstić information content (AvgIpc) is 2.41. The van der Waals surface area contributed by atoms with Gasteiger partial charge in [-0.05, 0) is 19.8 Å². The molecule has 0 aliphatic rings. The van der Waals surface area contributed by atoms with Crippen LogP contribution in [0.2, 0.25) is 0 Å². The molecule has 0 fully saturated rings. The van der Waals surface area contributed by atoms with E-state index in [1.54, 1.807) is 27.7 Å². The van der Waals surface area contributed by atoms with E-state index in [0.29, 0.717) is 5.01 Å². The van der Waals surface area contributed by atoms with Crippen molar-refractivity contribution < 1.29 is 18.4 Å². The Morgan fingerprint density at radius 2 is 1.86 bits per heavy atom. The monoisotopic (exact) mass is 343 g/mol. The van der Waals surface area contributed by atoms with Crippen LogP contribution in [0.5, 0.6) is 0 Å². The quantitative estimate of drug-likeness (QED) is 0.284. The zero-order chi connectivity index (χ0) is 16.5. The number of nitrogens with one attached hydrogen (secondary N) is 1. The maximum absolute atomic E-state index is 12.7. The molecule has 0 aromatic heterocycles. The number of alkyl halides is 1. The third-order valence-electron chi connectivity index (χ3n) is 2.49. The smallest absolute Gasteiger partial charge is 0.322 e. The van der Waals surface area contributed by atoms with Gasteiger partial charge in [-0.1, -0.05) is 13.8 Å². The first-order valence-electron chi connectivity index (χ1n) is 6.72. The Balaban J connectivity index is 5.16. The second-order valence-corrected chi connectivity index (χ2v) is 6.94. The second-order valence-electron chi connectivity index (χ2n) is 4.41. The predicted octanol–water partition coefficient (Wildman–Crippen LogP) is 3.17. The van der Waals surface area contributed by atoms with Crippen molar-refractivity contribution in [3.8, 4) is 0 Å². The SMILES string of the molecule is CCOP(=O)(OCC)C(NC(=O)N(CCCl)N=O)C(C)C. The minimum Gasteiger partial charge on any atom is -0.322 e. The summed E-state index contributed by atoms with van der Waals surface area (Å²) >= 11 is 5.48. The molecule has 0 aliphatic carbocycles. The minimum atomic E-state index is -3.54. The van der Waals surface area contributed by atoms with Gasteiger partial charge < -0.3 is 14.4 Å². The number of hydrogen-bond acceptors (Lipinski definition) is 6. The molecule has 0 aromatic carbocycles. The van der Waals surface area contributed by atoms with E-state index in [1.165, 1.54) is 0 Å². The Kier molecular flexibility index (Phi) is 9.77. The summed E-state index contributed by atoms with van der Waals surface area (Å²) in [4.78, 5) is 22.6. The number of carbonyl (C=O) groups is 1. The Morgan fingerprint density at radius 3 is 2.19 bits per heavy atom. The molecule has 8 nitrogen and oxygen atoms in total. The third kappa shape index (κ3) is 6.30. The molecule has 124 valence electrons. The van der Waals surface area contributed by atoms with Crippen molar-refractivity contribution in [2.45, 2.75) is 33.5 Å². The lowest BCUT2D eigenvalue weighted by Crippen LogP contribution is -2.45. The molecule has 0 saturated carbocycles. The normalized spacial score (nSPS) is 13.0. The van der Waals surface area contributed by atoms with E-state index >= 15 is 0 Å². The highest BCUT2D eigenvalue weighted by atomic mass is 35.5. The molecular weight excluding hydrogens is 321 g/mol. The van der Waals surface area contributed by atoms with E-state index in [9.17, 15) is 14.3 Å². The summed E-state index contributed by atoms with van der Waals surface area (Å²) in [6.45, 7) is 7.18. The molecule has 1 atom stereocenters. The largest absolute Gasteiger partial charge is 0.353 e. The number of amides is 2. The van der Waals surface area contributed by atoms with Crippen molar-refractivity contribution in [2.75, 3.05) is 25.6 Å². The summed E-state index contributed by atoms with van der Waals surface area (Å²) in [5.41, 5.74) is 0. The summed E-state index contributed by atoms with van der Waals surface area (Å²) in [5, 5.41) is 5.69. The van der Waals surface area contributed by atoms with E-state index in [-0.39, 0.29) is 31.6 Å². The highest BCUT2D eigenvalue weighted by molar-refractivity contribution is 7.54. The van der Waals surface area contributed by atoms with Gasteiger partial charge in [0.25, 0.3) is 0 Å². The van der Waals surface area contributed by atoms with Crippen molar-refractivity contribution in [1.82, 2.24) is 10.3 Å². The molecule has 0 radical (unpaired) electrons. The van der Waals surface area contributed by atoms with Gasteiger partial charge in [0.2, 0.25) is 0 Å². The Morgan fingerprint density at radius 1 is 1.33 bits per heavy atom. The van der Waals surface area contributed by atoms with E-state index < -0.39 is 19.4 Å². The van der Waals surface area contributed by atoms with Gasteiger partial charge in [0.1, 0.15) is 5.78 Å². The lowest BCUT2D eigenvalue weighted by atomic mass is 10.2. The molecule has 0 saturated heterocycles. The van der Waals surface area contributed by atoms with Gasteiger partial charge in [-0.25, -0.2) is 4.79 Å². The summed E-state index contributed by atoms with van der Waals surface area (Å²) in [5.74, 6) is -1.06. The number of carbonyl (C=O) groups excluding carboxylic acids is 1. The van der Waals surface area contributed by atoms with E-state index in [0.717, 1.165) is 0 Å². The fraction of sp³-hybridized carbons (Fsp3) is 0.909. The number of nitroso groups, excluding NO2 is 1. The number of nitrogens with zero attached hydrogens (tertiary/aromatic N) is 2. The highest BCUT2D eigenvalue weighted by Crippen LogP contribution is 2.54. The Bertz CT molecular complexity index is 373. The zero-order valence-corrected chi connectivity index (χ0v) is 14.4. The molecule has 1 N–H and O–H groups in total. The fourth-order valence-corrected chi connectivity index (χ4v) is 3.90. The van der Waals surface area contributed by atoms with Crippen LogP contribution in [0.4, 0.5) is 4.79 Å². The number of hydrogen-bond donors (Lipinski definition) is 1. The van der Waals surface area contributed by atoms with Gasteiger partial charge in [-0.2, -0.15) is 5.01 Å². The van der Waals surface area contributed by atoms with Crippen LogP contribution < -0.4 is 5.32 Å². The van der Waals surface area contributed by atoms with Gasteiger partial charge in [0, 0.05) is 5.88 Å². The molecule has 10 heteroatoms. The molecule has 0 aromatic rings. The molecule has 1 unspecified atom stereocenters. The van der Waals surface area contributed by atoms with Crippen LogP contribution in [0, 0.1) is 10.8 Å². The van der Waals surface area contributed by atoms with Crippen LogP contribution in [-0.4, -0.2) is 42.5 Å². The van der Waals surface area contributed by atoms with Crippen molar-refractivity contribution in [1.29, 1.82) is 0 Å². The van der Waals surface area contributed by atoms with E-state index in [4.69, 9.17) is 20.6 Å². The van der Waals surface area contributed by atoms with Crippen LogP contribution in [0.1, 0.15) is 27.7 Å². The molecule has 0 aliphatic heterocycles. The molecule has 0 spiro atoms. The molecular formula is C11H23ClN3O5P. The molecule has 0 heterocycles. The molecule has 21 heavy (non-hydrogen) atoms.